The third kappa shape index (κ3) is 2.17. The van der Waals surface area contributed by atoms with Crippen LogP contribution in [-0.2, 0) is 20.0 Å². The molecule has 0 aromatic heterocycles. The molecule has 0 atom stereocenters. The summed E-state index contributed by atoms with van der Waals surface area (Å²) < 4.78 is 17.1. The van der Waals surface area contributed by atoms with Gasteiger partial charge in [-0.15, -0.1) is 0 Å². The van der Waals surface area contributed by atoms with E-state index < -0.39 is 5.79 Å². The number of carbonyl (C=O) groups excluding carboxylic acids is 1. The first-order valence-corrected chi connectivity index (χ1v) is 8.30. The highest BCUT2D eigenvalue weighted by atomic mass is 16.7. The summed E-state index contributed by atoms with van der Waals surface area (Å²) in [7, 11) is 1.38. The summed E-state index contributed by atoms with van der Waals surface area (Å²) in [6.45, 7) is 7.18. The van der Waals surface area contributed by atoms with Crippen molar-refractivity contribution in [2.24, 2.45) is 10.4 Å². The van der Waals surface area contributed by atoms with Gasteiger partial charge in [-0.1, -0.05) is 13.8 Å². The summed E-state index contributed by atoms with van der Waals surface area (Å²) in [6, 6.07) is 5.54. The van der Waals surface area contributed by atoms with Crippen molar-refractivity contribution in [3.8, 4) is 0 Å². The zero-order valence-corrected chi connectivity index (χ0v) is 14.3. The Hall–Kier alpha value is -1.92. The lowest BCUT2D eigenvalue weighted by atomic mass is 9.91. The Labute approximate surface area is 141 Å². The van der Waals surface area contributed by atoms with E-state index in [1.807, 2.05) is 12.1 Å². The highest BCUT2D eigenvalue weighted by molar-refractivity contribution is 6.11. The molecule has 0 N–H and O–H groups in total. The summed E-state index contributed by atoms with van der Waals surface area (Å²) in [5.41, 5.74) is 2.41. The molecule has 4 rings (SSSR count). The fourth-order valence-electron chi connectivity index (χ4n) is 3.63. The molecule has 128 valence electrons. The number of ether oxygens (including phenoxy) is 3. The van der Waals surface area contributed by atoms with Gasteiger partial charge in [-0.3, -0.25) is 4.99 Å². The number of aliphatic imine (C=N–C) groups is 1. The summed E-state index contributed by atoms with van der Waals surface area (Å²) >= 11 is 0. The number of hydrogen-bond acceptors (Lipinski definition) is 6. The number of fused-ring (bicyclic) bond motifs is 5. The topological polar surface area (TPSA) is 60.4 Å². The molecular weight excluding hydrogens is 308 g/mol. The highest BCUT2D eigenvalue weighted by Gasteiger charge is 2.55. The van der Waals surface area contributed by atoms with Crippen LogP contribution in [0.5, 0.6) is 0 Å². The Morgan fingerprint density at radius 3 is 2.75 bits per heavy atom. The molecule has 0 aliphatic carbocycles. The van der Waals surface area contributed by atoms with Crippen LogP contribution in [0, 0.1) is 5.41 Å². The van der Waals surface area contributed by atoms with E-state index in [0.29, 0.717) is 18.8 Å². The highest BCUT2D eigenvalue weighted by Crippen LogP contribution is 2.48. The molecule has 6 nitrogen and oxygen atoms in total. The van der Waals surface area contributed by atoms with E-state index >= 15 is 0 Å². The van der Waals surface area contributed by atoms with Gasteiger partial charge in [0.15, 0.2) is 5.84 Å². The number of methoxy groups -OCH3 is 1. The summed E-state index contributed by atoms with van der Waals surface area (Å²) in [5, 5.41) is 0. The van der Waals surface area contributed by atoms with Gasteiger partial charge in [0.05, 0.1) is 31.6 Å². The Balaban J connectivity index is 1.88. The zero-order valence-electron chi connectivity index (χ0n) is 14.3. The second kappa shape index (κ2) is 5.29. The van der Waals surface area contributed by atoms with E-state index in [-0.39, 0.29) is 11.4 Å². The van der Waals surface area contributed by atoms with Gasteiger partial charge in [0, 0.05) is 24.1 Å². The largest absolute Gasteiger partial charge is 0.465 e. The van der Waals surface area contributed by atoms with Gasteiger partial charge in [-0.2, -0.15) is 0 Å². The third-order valence-corrected chi connectivity index (χ3v) is 4.76. The van der Waals surface area contributed by atoms with E-state index in [2.05, 4.69) is 18.7 Å². The molecule has 0 unspecified atom stereocenters. The molecule has 0 radical (unpaired) electrons. The maximum absolute atomic E-state index is 12.0. The molecule has 1 aromatic rings. The Morgan fingerprint density at radius 2 is 2.04 bits per heavy atom. The molecule has 1 spiro atoms. The van der Waals surface area contributed by atoms with E-state index in [9.17, 15) is 4.79 Å². The normalized spacial score (nSPS) is 23.5. The fourth-order valence-corrected chi connectivity index (χ4v) is 3.63. The van der Waals surface area contributed by atoms with Gasteiger partial charge < -0.3 is 19.1 Å². The quantitative estimate of drug-likeness (QED) is 0.740. The zero-order chi connectivity index (χ0) is 16.9. The molecule has 0 bridgehead atoms. The van der Waals surface area contributed by atoms with Crippen LogP contribution in [-0.4, -0.2) is 45.2 Å². The SMILES string of the molecule is COC(=O)c1ccc2c(c1)C1(OCCCO1)C1=NCC(C)(C)CN12. The molecule has 0 saturated carbocycles. The Bertz CT molecular complexity index is 720. The molecule has 3 aliphatic heterocycles. The van der Waals surface area contributed by atoms with Crippen molar-refractivity contribution in [1.82, 2.24) is 0 Å². The summed E-state index contributed by atoms with van der Waals surface area (Å²) in [5.74, 6) is -0.553. The minimum atomic E-state index is -0.992. The van der Waals surface area contributed by atoms with Crippen molar-refractivity contribution in [2.75, 3.05) is 38.3 Å². The van der Waals surface area contributed by atoms with Gasteiger partial charge >= 0.3 is 5.97 Å². The lowest BCUT2D eigenvalue weighted by Crippen LogP contribution is -2.52. The van der Waals surface area contributed by atoms with Crippen molar-refractivity contribution in [3.63, 3.8) is 0 Å². The average molecular weight is 330 g/mol. The number of rotatable bonds is 1. The van der Waals surface area contributed by atoms with Crippen molar-refractivity contribution in [3.05, 3.63) is 29.3 Å². The standard InChI is InChI=1S/C18H22N2O4/c1-17(2)10-19-16-18(23-7-4-8-24-18)13-9-12(15(21)22-3)5-6-14(13)20(16)11-17/h5-6,9H,4,7-8,10-11H2,1-3H3. The molecule has 3 aliphatic rings. The van der Waals surface area contributed by atoms with Gasteiger partial charge in [0.2, 0.25) is 0 Å². The number of benzene rings is 1. The van der Waals surface area contributed by atoms with Crippen molar-refractivity contribution < 1.29 is 19.0 Å². The Morgan fingerprint density at radius 1 is 1.29 bits per heavy atom. The van der Waals surface area contributed by atoms with Crippen LogP contribution in [0.15, 0.2) is 23.2 Å². The van der Waals surface area contributed by atoms with Crippen LogP contribution in [0.4, 0.5) is 5.69 Å². The Kier molecular flexibility index (Phi) is 3.44. The van der Waals surface area contributed by atoms with Crippen molar-refractivity contribution in [2.45, 2.75) is 26.1 Å². The maximum Gasteiger partial charge on any atom is 0.337 e. The molecular formula is C18H22N2O4. The van der Waals surface area contributed by atoms with Gasteiger partial charge in [0.25, 0.3) is 5.79 Å². The van der Waals surface area contributed by atoms with Crippen molar-refractivity contribution >= 4 is 17.5 Å². The second-order valence-corrected chi connectivity index (χ2v) is 7.28. The summed E-state index contributed by atoms with van der Waals surface area (Å²) in [4.78, 5) is 18.9. The van der Waals surface area contributed by atoms with Crippen LogP contribution >= 0.6 is 0 Å². The third-order valence-electron chi connectivity index (χ3n) is 4.76. The van der Waals surface area contributed by atoms with E-state index in [4.69, 9.17) is 19.2 Å². The maximum atomic E-state index is 12.0. The minimum absolute atomic E-state index is 0.0714. The number of hydrogen-bond donors (Lipinski definition) is 0. The van der Waals surface area contributed by atoms with Gasteiger partial charge in [-0.05, 0) is 24.6 Å². The van der Waals surface area contributed by atoms with Crippen LogP contribution in [0.3, 0.4) is 0 Å². The lowest BCUT2D eigenvalue weighted by Gasteiger charge is -2.40. The summed E-state index contributed by atoms with van der Waals surface area (Å²) in [6.07, 6.45) is 0.854. The predicted octanol–water partition coefficient (Wildman–Crippen LogP) is 2.32. The number of amidine groups is 1. The second-order valence-electron chi connectivity index (χ2n) is 7.28. The van der Waals surface area contributed by atoms with Crippen LogP contribution in [0.25, 0.3) is 0 Å². The van der Waals surface area contributed by atoms with Crippen molar-refractivity contribution in [1.29, 1.82) is 0 Å². The molecule has 6 heteroatoms. The molecule has 1 saturated heterocycles. The smallest absolute Gasteiger partial charge is 0.337 e. The molecule has 1 aromatic carbocycles. The first-order chi connectivity index (χ1) is 11.5. The molecule has 0 amide bonds. The fraction of sp³-hybridized carbons (Fsp3) is 0.556. The monoisotopic (exact) mass is 330 g/mol. The van der Waals surface area contributed by atoms with Gasteiger partial charge in [-0.25, -0.2) is 4.79 Å². The lowest BCUT2D eigenvalue weighted by molar-refractivity contribution is -0.228. The number of carbonyl (C=O) groups is 1. The van der Waals surface area contributed by atoms with E-state index in [0.717, 1.165) is 36.6 Å². The number of nitrogens with zero attached hydrogens (tertiary/aromatic N) is 2. The first kappa shape index (κ1) is 15.6. The van der Waals surface area contributed by atoms with E-state index in [1.54, 1.807) is 6.07 Å². The van der Waals surface area contributed by atoms with Gasteiger partial charge in [0.1, 0.15) is 0 Å². The molecule has 3 heterocycles. The average Bonchev–Trinajstić information content (AvgIpc) is 2.83. The van der Waals surface area contributed by atoms with Crippen LogP contribution in [0.1, 0.15) is 36.2 Å². The number of anilines is 1. The van der Waals surface area contributed by atoms with E-state index in [1.165, 1.54) is 7.11 Å². The first-order valence-electron chi connectivity index (χ1n) is 8.30. The minimum Gasteiger partial charge on any atom is -0.465 e. The number of esters is 1. The van der Waals surface area contributed by atoms with Crippen LogP contribution in [0.2, 0.25) is 0 Å². The molecule has 24 heavy (non-hydrogen) atoms. The molecule has 1 fully saturated rings. The van der Waals surface area contributed by atoms with Crippen LogP contribution < -0.4 is 4.90 Å². The predicted molar refractivity (Wildman–Crippen MR) is 89.4 cm³/mol.